The predicted molar refractivity (Wildman–Crippen MR) is 133 cm³/mol. The van der Waals surface area contributed by atoms with Crippen molar-refractivity contribution in [1.29, 1.82) is 0 Å². The van der Waals surface area contributed by atoms with Crippen LogP contribution in [0.15, 0.2) is 29.4 Å². The van der Waals surface area contributed by atoms with Crippen molar-refractivity contribution in [2.45, 2.75) is 110 Å². The fourth-order valence-electron chi connectivity index (χ4n) is 3.71. The Morgan fingerprint density at radius 2 is 1.25 bits per heavy atom. The summed E-state index contributed by atoms with van der Waals surface area (Å²) >= 11 is 0. The summed E-state index contributed by atoms with van der Waals surface area (Å²) in [6.07, 6.45) is 21.8. The van der Waals surface area contributed by atoms with Crippen LogP contribution in [-0.4, -0.2) is 25.2 Å². The lowest BCUT2D eigenvalue weighted by atomic mass is 10.0. The number of nitrogens with one attached hydrogen (secondary N) is 1. The monoisotopic (exact) mass is 444 g/mol. The molecule has 0 spiro atoms. The van der Waals surface area contributed by atoms with E-state index in [0.29, 0.717) is 12.0 Å². The molecule has 1 rings (SSSR count). The first-order valence-corrected chi connectivity index (χ1v) is 12.7. The van der Waals surface area contributed by atoms with Gasteiger partial charge in [0.1, 0.15) is 0 Å². The molecule has 1 aromatic carbocycles. The average molecular weight is 445 g/mol. The second kappa shape index (κ2) is 19.5. The minimum atomic E-state index is -0.370. The maximum absolute atomic E-state index is 11.9. The van der Waals surface area contributed by atoms with Crippen LogP contribution in [0.5, 0.6) is 0 Å². The summed E-state index contributed by atoms with van der Waals surface area (Å²) in [7, 11) is 1.35. The maximum Gasteiger partial charge on any atom is 0.337 e. The van der Waals surface area contributed by atoms with Gasteiger partial charge in [-0.2, -0.15) is 5.10 Å². The van der Waals surface area contributed by atoms with Crippen LogP contribution in [0.2, 0.25) is 0 Å². The van der Waals surface area contributed by atoms with Crippen LogP contribution >= 0.6 is 0 Å². The van der Waals surface area contributed by atoms with Crippen molar-refractivity contribution in [3.05, 3.63) is 35.4 Å². The summed E-state index contributed by atoms with van der Waals surface area (Å²) in [5.74, 6) is -0.424. The summed E-state index contributed by atoms with van der Waals surface area (Å²) in [5.41, 5.74) is 3.87. The molecule has 0 aliphatic heterocycles. The molecule has 1 aromatic rings. The highest BCUT2D eigenvalue weighted by Gasteiger charge is 2.03. The molecule has 32 heavy (non-hydrogen) atoms. The van der Waals surface area contributed by atoms with Gasteiger partial charge in [-0.1, -0.05) is 109 Å². The molecule has 1 amide bonds. The number of esters is 1. The lowest BCUT2D eigenvalue weighted by Crippen LogP contribution is -2.16. The van der Waals surface area contributed by atoms with Crippen molar-refractivity contribution in [1.82, 2.24) is 5.43 Å². The summed E-state index contributed by atoms with van der Waals surface area (Å²) < 4.78 is 4.66. The Morgan fingerprint density at radius 3 is 1.72 bits per heavy atom. The molecule has 0 aliphatic carbocycles. The van der Waals surface area contributed by atoms with Crippen LogP contribution < -0.4 is 5.43 Å². The number of hydrogen-bond acceptors (Lipinski definition) is 4. The molecule has 0 saturated carbocycles. The third kappa shape index (κ3) is 14.8. The molecule has 0 radical (unpaired) electrons. The number of benzene rings is 1. The Labute approximate surface area is 195 Å². The van der Waals surface area contributed by atoms with Gasteiger partial charge < -0.3 is 4.74 Å². The highest BCUT2D eigenvalue weighted by atomic mass is 16.5. The summed E-state index contributed by atoms with van der Waals surface area (Å²) in [5, 5.41) is 3.98. The van der Waals surface area contributed by atoms with Crippen LogP contribution in [0.25, 0.3) is 0 Å². The van der Waals surface area contributed by atoms with Crippen molar-refractivity contribution < 1.29 is 14.3 Å². The van der Waals surface area contributed by atoms with Gasteiger partial charge in [-0.15, -0.1) is 0 Å². The van der Waals surface area contributed by atoms with Crippen LogP contribution in [0.4, 0.5) is 0 Å². The molecular weight excluding hydrogens is 400 g/mol. The van der Waals surface area contributed by atoms with Crippen molar-refractivity contribution in [3.8, 4) is 0 Å². The third-order valence-electron chi connectivity index (χ3n) is 5.74. The second-order valence-corrected chi connectivity index (χ2v) is 8.61. The van der Waals surface area contributed by atoms with E-state index in [-0.39, 0.29) is 11.9 Å². The Morgan fingerprint density at radius 1 is 0.781 bits per heavy atom. The van der Waals surface area contributed by atoms with Crippen LogP contribution in [-0.2, 0) is 9.53 Å². The quantitative estimate of drug-likeness (QED) is 0.106. The molecule has 0 aliphatic rings. The average Bonchev–Trinajstić information content (AvgIpc) is 2.81. The van der Waals surface area contributed by atoms with Gasteiger partial charge in [-0.25, -0.2) is 10.2 Å². The van der Waals surface area contributed by atoms with Gasteiger partial charge in [0.2, 0.25) is 5.91 Å². The number of carbonyl (C=O) groups excluding carboxylic acids is 2. The molecule has 1 N–H and O–H groups in total. The number of carbonyl (C=O) groups is 2. The van der Waals surface area contributed by atoms with E-state index in [0.717, 1.165) is 18.4 Å². The number of hydrogen-bond donors (Lipinski definition) is 1. The van der Waals surface area contributed by atoms with Gasteiger partial charge >= 0.3 is 5.97 Å². The van der Waals surface area contributed by atoms with Crippen LogP contribution in [0, 0.1) is 0 Å². The number of ether oxygens (including phenoxy) is 1. The van der Waals surface area contributed by atoms with Gasteiger partial charge in [0, 0.05) is 6.42 Å². The van der Waals surface area contributed by atoms with Crippen molar-refractivity contribution in [3.63, 3.8) is 0 Å². The molecule has 0 aromatic heterocycles. The molecule has 0 heterocycles. The molecule has 0 unspecified atom stereocenters. The zero-order valence-corrected chi connectivity index (χ0v) is 20.4. The third-order valence-corrected chi connectivity index (χ3v) is 5.74. The van der Waals surface area contributed by atoms with Gasteiger partial charge in [-0.05, 0) is 24.1 Å². The Kier molecular flexibility index (Phi) is 17.0. The number of unbranched alkanes of at least 4 members (excludes halogenated alkanes) is 14. The largest absolute Gasteiger partial charge is 0.465 e. The van der Waals surface area contributed by atoms with E-state index in [9.17, 15) is 9.59 Å². The highest BCUT2D eigenvalue weighted by molar-refractivity contribution is 5.90. The molecular formula is C27H44N2O3. The van der Waals surface area contributed by atoms with Crippen molar-refractivity contribution >= 4 is 18.1 Å². The lowest BCUT2D eigenvalue weighted by molar-refractivity contribution is -0.121. The van der Waals surface area contributed by atoms with E-state index in [2.05, 4.69) is 22.2 Å². The Bertz CT molecular complexity index is 641. The zero-order chi connectivity index (χ0) is 23.3. The van der Waals surface area contributed by atoms with Crippen molar-refractivity contribution in [2.24, 2.45) is 5.10 Å². The Balaban J connectivity index is 1.92. The van der Waals surface area contributed by atoms with E-state index < -0.39 is 0 Å². The van der Waals surface area contributed by atoms with Gasteiger partial charge in [0.05, 0.1) is 18.9 Å². The number of hydrazone groups is 1. The van der Waals surface area contributed by atoms with Gasteiger partial charge in [-0.3, -0.25) is 4.79 Å². The number of amides is 1. The normalized spacial score (nSPS) is 11.1. The van der Waals surface area contributed by atoms with Gasteiger partial charge in [0.15, 0.2) is 0 Å². The molecule has 0 saturated heterocycles. The van der Waals surface area contributed by atoms with E-state index in [4.69, 9.17) is 0 Å². The molecule has 0 bridgehead atoms. The number of rotatable bonds is 19. The maximum atomic E-state index is 11.9. The topological polar surface area (TPSA) is 67.8 Å². The SMILES string of the molecule is CCCCCCCCCCCCCCCCCC(=O)N/N=C\c1ccc(C(=O)OC)cc1. The van der Waals surface area contributed by atoms with E-state index in [1.165, 1.54) is 90.6 Å². The fraction of sp³-hybridized carbons (Fsp3) is 0.667. The molecule has 5 heteroatoms. The summed E-state index contributed by atoms with van der Waals surface area (Å²) in [4.78, 5) is 23.3. The highest BCUT2D eigenvalue weighted by Crippen LogP contribution is 2.13. The minimum Gasteiger partial charge on any atom is -0.465 e. The molecule has 0 fully saturated rings. The van der Waals surface area contributed by atoms with E-state index in [1.54, 1.807) is 30.5 Å². The fourth-order valence-corrected chi connectivity index (χ4v) is 3.71. The lowest BCUT2D eigenvalue weighted by Gasteiger charge is -2.03. The Hall–Kier alpha value is -2.17. The second-order valence-electron chi connectivity index (χ2n) is 8.61. The van der Waals surface area contributed by atoms with Crippen molar-refractivity contribution in [2.75, 3.05) is 7.11 Å². The van der Waals surface area contributed by atoms with Gasteiger partial charge in [0.25, 0.3) is 0 Å². The smallest absolute Gasteiger partial charge is 0.337 e. The van der Waals surface area contributed by atoms with E-state index >= 15 is 0 Å². The number of nitrogens with zero attached hydrogens (tertiary/aromatic N) is 1. The predicted octanol–water partition coefficient (Wildman–Crippen LogP) is 7.18. The van der Waals surface area contributed by atoms with Crippen LogP contribution in [0.1, 0.15) is 126 Å². The number of methoxy groups -OCH3 is 1. The minimum absolute atomic E-state index is 0.0536. The molecule has 180 valence electrons. The first kappa shape index (κ1) is 27.9. The first-order chi connectivity index (χ1) is 15.7. The zero-order valence-electron chi connectivity index (χ0n) is 20.4. The summed E-state index contributed by atoms with van der Waals surface area (Å²) in [6, 6.07) is 6.86. The summed E-state index contributed by atoms with van der Waals surface area (Å²) in [6.45, 7) is 2.27. The standard InChI is InChI=1S/C27H44N2O3/c1-3-4-5-6-7-8-9-10-11-12-13-14-15-16-17-18-26(30)29-28-23-24-19-21-25(22-20-24)27(31)32-2/h19-23H,3-18H2,1-2H3,(H,29,30)/b28-23-. The first-order valence-electron chi connectivity index (χ1n) is 12.7. The molecule has 5 nitrogen and oxygen atoms in total. The molecule has 0 atom stereocenters. The van der Waals surface area contributed by atoms with E-state index in [1.807, 2.05) is 0 Å². The van der Waals surface area contributed by atoms with Crippen LogP contribution in [0.3, 0.4) is 0 Å².